The molecule has 2 aromatic heterocycles. The molecule has 0 amide bonds. The van der Waals surface area contributed by atoms with Crippen LogP contribution in [0.4, 0.5) is 57.1 Å². The van der Waals surface area contributed by atoms with Crippen LogP contribution in [0.15, 0.2) is 265 Å². The molecule has 2 aliphatic rings. The van der Waals surface area contributed by atoms with Gasteiger partial charge in [0.2, 0.25) is 0 Å². The first-order valence-corrected chi connectivity index (χ1v) is 25.9. The average molecular weight is 1410 g/mol. The maximum absolute atomic E-state index is 4.59. The third kappa shape index (κ3) is 16.3. The van der Waals surface area contributed by atoms with Gasteiger partial charge >= 0.3 is 0 Å². The number of rotatable bonds is 12. The van der Waals surface area contributed by atoms with Gasteiger partial charge in [-0.3, -0.25) is 0 Å². The van der Waals surface area contributed by atoms with Gasteiger partial charge in [0.1, 0.15) is 11.6 Å². The largest absolute Gasteiger partial charge is 0.498 e. The second kappa shape index (κ2) is 30.7. The molecule has 12 rings (SSSR count). The van der Waals surface area contributed by atoms with Crippen LogP contribution < -0.4 is 19.6 Å². The number of anilines is 6. The van der Waals surface area contributed by atoms with Crippen molar-refractivity contribution >= 4 is 69.8 Å². The fourth-order valence-electron chi connectivity index (χ4n) is 8.40. The SMILES string of the molecule is C(=Nc1ccccc1)[N-]c1ccccc1.C(=Nc1ccccc1)[N-]c1ccccc1.CC(C)N1[CH-]N(c2[c-]ccc(-c3ccccc3)c2)c2ncccc21.CC(C)N1[CH-]N(c2[c-]ccc(-c3ccccc3)c2)c2ncccc21.[Pt].[Pt]. The summed E-state index contributed by atoms with van der Waals surface area (Å²) in [4.78, 5) is 26.3. The number of nitrogens with zero attached hydrogens (tertiary/aromatic N) is 10. The number of fused-ring (bicyclic) bond motifs is 2. The first-order chi connectivity index (χ1) is 38.4. The van der Waals surface area contributed by atoms with Crippen LogP contribution in [0.1, 0.15) is 27.7 Å². The molecule has 12 heteroatoms. The van der Waals surface area contributed by atoms with Crippen LogP contribution in [0.3, 0.4) is 0 Å². The average Bonchev–Trinajstić information content (AvgIpc) is 4.12. The van der Waals surface area contributed by atoms with Gasteiger partial charge in [0.15, 0.2) is 0 Å². The molecular formula is C68H60N10Pt2-6. The van der Waals surface area contributed by atoms with Gasteiger partial charge in [0, 0.05) is 65.9 Å². The smallest absolute Gasteiger partial charge is 0.124 e. The van der Waals surface area contributed by atoms with Crippen LogP contribution in [0, 0.1) is 25.5 Å². The molecule has 8 aromatic carbocycles. The van der Waals surface area contributed by atoms with Crippen molar-refractivity contribution in [1.29, 1.82) is 0 Å². The van der Waals surface area contributed by atoms with E-state index in [1.54, 1.807) is 12.7 Å². The van der Waals surface area contributed by atoms with E-state index in [1.165, 1.54) is 22.3 Å². The third-order valence-electron chi connectivity index (χ3n) is 12.3. The maximum atomic E-state index is 4.59. The summed E-state index contributed by atoms with van der Waals surface area (Å²) in [6, 6.07) is 87.9. The summed E-state index contributed by atoms with van der Waals surface area (Å²) in [5.41, 5.74) is 12.7. The minimum absolute atomic E-state index is 0. The maximum Gasteiger partial charge on any atom is 0.124 e. The van der Waals surface area contributed by atoms with Crippen molar-refractivity contribution in [1.82, 2.24) is 9.97 Å². The Morgan fingerprint density at radius 1 is 0.412 bits per heavy atom. The molecule has 0 fully saturated rings. The molecule has 4 heterocycles. The third-order valence-corrected chi connectivity index (χ3v) is 12.3. The normalized spacial score (nSPS) is 12.0. The summed E-state index contributed by atoms with van der Waals surface area (Å²) >= 11 is 0. The van der Waals surface area contributed by atoms with Crippen molar-refractivity contribution in [3.8, 4) is 22.3 Å². The van der Waals surface area contributed by atoms with Crippen LogP contribution in [-0.2, 0) is 42.1 Å². The number of hydrogen-bond donors (Lipinski definition) is 0. The topological polar surface area (TPSA) is 91.7 Å². The zero-order valence-electron chi connectivity index (χ0n) is 44.8. The Balaban J connectivity index is 0.000000157. The molecule has 0 bridgehead atoms. The van der Waals surface area contributed by atoms with Gasteiger partial charge in [-0.25, -0.2) is 9.97 Å². The molecule has 0 atom stereocenters. The number of benzene rings is 8. The summed E-state index contributed by atoms with van der Waals surface area (Å²) in [6.45, 7) is 13.0. The minimum atomic E-state index is 0. The standard InChI is InChI=1S/2C21H19N3.2C13H11N2.2Pt/c2*1-16(2)23-15-24(21-20(23)12-7-13-22-21)19-11-6-10-18(14-19)17-8-4-3-5-9-17;2*1-3-7-12(8-4-1)14-11-15-13-9-5-2-6-10-13;;/h2*3-10,12-16H,1-2H3;2*1-11H;;/q2*-2;2*-1;;. The molecule has 0 saturated heterocycles. The first-order valence-electron chi connectivity index (χ1n) is 25.9. The molecule has 2 aliphatic heterocycles. The molecule has 0 unspecified atom stereocenters. The van der Waals surface area contributed by atoms with E-state index in [4.69, 9.17) is 0 Å². The van der Waals surface area contributed by atoms with E-state index in [9.17, 15) is 0 Å². The van der Waals surface area contributed by atoms with Gasteiger partial charge in [0.05, 0.1) is 0 Å². The molecule has 0 spiro atoms. The molecule has 10 nitrogen and oxygen atoms in total. The monoisotopic (exact) mass is 1410 g/mol. The quantitative estimate of drug-likeness (QED) is 0.0687. The molecule has 0 aliphatic carbocycles. The molecule has 80 heavy (non-hydrogen) atoms. The second-order valence-electron chi connectivity index (χ2n) is 18.4. The van der Waals surface area contributed by atoms with Gasteiger partial charge < -0.3 is 40.2 Å². The Kier molecular flexibility index (Phi) is 22.7. The summed E-state index contributed by atoms with van der Waals surface area (Å²) < 4.78 is 0. The second-order valence-corrected chi connectivity index (χ2v) is 18.4. The molecule has 0 N–H and O–H groups in total. The molecular weight excluding hydrogens is 1350 g/mol. The Hall–Kier alpha value is -8.42. The Morgan fingerprint density at radius 2 is 0.750 bits per heavy atom. The predicted molar refractivity (Wildman–Crippen MR) is 326 cm³/mol. The number of para-hydroxylation sites is 4. The van der Waals surface area contributed by atoms with E-state index < -0.39 is 0 Å². The predicted octanol–water partition coefficient (Wildman–Crippen LogP) is 18.2. The van der Waals surface area contributed by atoms with Crippen LogP contribution in [0.25, 0.3) is 32.9 Å². The van der Waals surface area contributed by atoms with Crippen molar-refractivity contribution < 1.29 is 42.1 Å². The van der Waals surface area contributed by atoms with E-state index in [1.807, 2.05) is 170 Å². The van der Waals surface area contributed by atoms with Crippen molar-refractivity contribution in [3.63, 3.8) is 0 Å². The van der Waals surface area contributed by atoms with Gasteiger partial charge in [-0.2, -0.15) is 36.4 Å². The Bertz CT molecular complexity index is 3210. The van der Waals surface area contributed by atoms with Gasteiger partial charge in [0.25, 0.3) is 0 Å². The number of aliphatic imine (C=N–C) groups is 2. The van der Waals surface area contributed by atoms with Crippen LogP contribution in [-0.4, -0.2) is 34.7 Å². The van der Waals surface area contributed by atoms with Crippen molar-refractivity contribution in [2.75, 3.05) is 19.6 Å². The van der Waals surface area contributed by atoms with Gasteiger partial charge in [-0.05, 0) is 97.9 Å². The molecule has 0 saturated carbocycles. The van der Waals surface area contributed by atoms with Crippen LogP contribution in [0.5, 0.6) is 0 Å². The van der Waals surface area contributed by atoms with Crippen LogP contribution >= 0.6 is 0 Å². The molecule has 0 radical (unpaired) electrons. The summed E-state index contributed by atoms with van der Waals surface area (Å²) in [6.07, 6.45) is 6.82. The van der Waals surface area contributed by atoms with E-state index in [-0.39, 0.29) is 42.1 Å². The van der Waals surface area contributed by atoms with E-state index in [0.29, 0.717) is 12.1 Å². The van der Waals surface area contributed by atoms with Crippen LogP contribution in [0.2, 0.25) is 0 Å². The Labute approximate surface area is 501 Å². The zero-order chi connectivity index (χ0) is 53.7. The van der Waals surface area contributed by atoms with Crippen molar-refractivity contribution in [2.24, 2.45) is 9.98 Å². The fraction of sp³-hybridized carbons (Fsp3) is 0.0882. The number of hydrogen-bond acceptors (Lipinski definition) is 8. The fourth-order valence-corrected chi connectivity index (χ4v) is 8.40. The van der Waals surface area contributed by atoms with Gasteiger partial charge in [-0.15, -0.1) is 48.0 Å². The van der Waals surface area contributed by atoms with Gasteiger partial charge in [-0.1, -0.05) is 195 Å². The summed E-state index contributed by atoms with van der Waals surface area (Å²) in [7, 11) is 0. The van der Waals surface area contributed by atoms with E-state index in [2.05, 4.69) is 188 Å². The van der Waals surface area contributed by atoms with Crippen molar-refractivity contribution in [2.45, 2.75) is 39.8 Å². The number of aromatic nitrogens is 2. The summed E-state index contributed by atoms with van der Waals surface area (Å²) in [5, 5.41) is 8.42. The molecule has 408 valence electrons. The summed E-state index contributed by atoms with van der Waals surface area (Å²) in [5.74, 6) is 1.90. The zero-order valence-corrected chi connectivity index (χ0v) is 49.4. The van der Waals surface area contributed by atoms with E-state index >= 15 is 0 Å². The first kappa shape index (κ1) is 59.2. The molecule has 10 aromatic rings. The number of pyridine rings is 2. The van der Waals surface area contributed by atoms with Crippen molar-refractivity contribution in [3.05, 3.63) is 291 Å². The minimum Gasteiger partial charge on any atom is -0.498 e. The van der Waals surface area contributed by atoms with E-state index in [0.717, 1.165) is 57.1 Å². The Morgan fingerprint density at radius 3 is 1.10 bits per heavy atom.